The molecule has 0 aliphatic carbocycles. The maximum absolute atomic E-state index is 12.2. The Balaban J connectivity index is 1.20. The number of hydrogen-bond donors (Lipinski definition) is 0. The first-order chi connectivity index (χ1) is 25.4. The Hall–Kier alpha value is -6.08. The normalized spacial score (nSPS) is 11.1. The van der Waals surface area contributed by atoms with Crippen LogP contribution in [0.3, 0.4) is 0 Å². The smallest absolute Gasteiger partial charge is 0.497 e. The number of anilines is 3. The van der Waals surface area contributed by atoms with Gasteiger partial charge in [0.05, 0.1) is 20.3 Å². The highest BCUT2D eigenvalue weighted by molar-refractivity contribution is 5.79. The van der Waals surface area contributed by atoms with Crippen molar-refractivity contribution in [2.75, 3.05) is 25.2 Å². The lowest BCUT2D eigenvalue weighted by molar-refractivity contribution is -0.141. The van der Waals surface area contributed by atoms with E-state index in [0.29, 0.717) is 12.4 Å². The van der Waals surface area contributed by atoms with Gasteiger partial charge in [-0.2, -0.15) is 0 Å². The van der Waals surface area contributed by atoms with E-state index in [1.165, 1.54) is 12.5 Å². The van der Waals surface area contributed by atoms with Gasteiger partial charge in [0.1, 0.15) is 11.5 Å². The predicted octanol–water partition coefficient (Wildman–Crippen LogP) is 11.5. The predicted molar refractivity (Wildman–Crippen MR) is 210 cm³/mol. The van der Waals surface area contributed by atoms with E-state index in [2.05, 4.69) is 103 Å². The molecule has 0 saturated heterocycles. The summed E-state index contributed by atoms with van der Waals surface area (Å²) >= 11 is 0. The van der Waals surface area contributed by atoms with E-state index in [4.69, 9.17) is 18.9 Å². The van der Waals surface area contributed by atoms with E-state index in [9.17, 15) is 9.59 Å². The number of ether oxygens (including phenoxy) is 4. The molecule has 0 aliphatic heterocycles. The number of hydrogen-bond acceptors (Lipinski definition) is 7. The monoisotopic (exact) mass is 695 g/mol. The topological polar surface area (TPSA) is 74.3 Å². The molecule has 5 aromatic rings. The zero-order valence-electron chi connectivity index (χ0n) is 30.0. The van der Waals surface area contributed by atoms with Crippen LogP contribution in [0.1, 0.15) is 60.4 Å². The largest absolute Gasteiger partial charge is 0.513 e. The number of rotatable bonds is 16. The van der Waals surface area contributed by atoms with E-state index in [1.807, 2.05) is 42.5 Å². The average Bonchev–Trinajstić information content (AvgIpc) is 3.16. The number of unbranched alkanes of at least 4 members (excludes halogenated alkanes) is 3. The molecule has 0 unspecified atom stereocenters. The van der Waals surface area contributed by atoms with E-state index in [-0.39, 0.29) is 12.6 Å². The molecule has 0 bridgehead atoms. The highest BCUT2D eigenvalue weighted by atomic mass is 16.7. The summed E-state index contributed by atoms with van der Waals surface area (Å²) in [4.78, 5) is 25.3. The molecule has 7 heteroatoms. The third-order valence-electron chi connectivity index (χ3n) is 8.25. The van der Waals surface area contributed by atoms with Crippen LogP contribution in [0.5, 0.6) is 11.5 Å². The van der Waals surface area contributed by atoms with Crippen molar-refractivity contribution in [3.8, 4) is 11.5 Å². The van der Waals surface area contributed by atoms with Crippen molar-refractivity contribution >= 4 is 53.5 Å². The van der Waals surface area contributed by atoms with Gasteiger partial charge in [-0.15, -0.1) is 0 Å². The molecule has 0 saturated carbocycles. The summed E-state index contributed by atoms with van der Waals surface area (Å²) in [6.07, 6.45) is 10.8. The fourth-order valence-corrected chi connectivity index (χ4v) is 5.48. The van der Waals surface area contributed by atoms with Crippen LogP contribution in [0.25, 0.3) is 24.3 Å². The number of esters is 1. The van der Waals surface area contributed by atoms with E-state index in [1.54, 1.807) is 19.2 Å². The molecule has 0 radical (unpaired) electrons. The van der Waals surface area contributed by atoms with Crippen molar-refractivity contribution in [3.05, 3.63) is 149 Å². The van der Waals surface area contributed by atoms with E-state index < -0.39 is 6.16 Å². The Kier molecular flexibility index (Phi) is 13.8. The van der Waals surface area contributed by atoms with Crippen molar-refractivity contribution in [1.29, 1.82) is 0 Å². The van der Waals surface area contributed by atoms with Crippen LogP contribution in [0, 0.1) is 6.92 Å². The molecule has 0 aromatic heterocycles. The van der Waals surface area contributed by atoms with E-state index >= 15 is 0 Å². The van der Waals surface area contributed by atoms with Gasteiger partial charge in [-0.1, -0.05) is 90.5 Å². The van der Waals surface area contributed by atoms with Crippen molar-refractivity contribution < 1.29 is 28.5 Å². The first-order valence-corrected chi connectivity index (χ1v) is 17.5. The van der Waals surface area contributed by atoms with Gasteiger partial charge in [-0.05, 0) is 116 Å². The van der Waals surface area contributed by atoms with Crippen molar-refractivity contribution in [2.24, 2.45) is 0 Å². The lowest BCUT2D eigenvalue weighted by Gasteiger charge is -2.26. The number of nitrogens with zero attached hydrogens (tertiary/aromatic N) is 1. The van der Waals surface area contributed by atoms with Crippen LogP contribution in [0.4, 0.5) is 21.9 Å². The second kappa shape index (κ2) is 19.3. The van der Waals surface area contributed by atoms with Crippen LogP contribution in [0.15, 0.2) is 121 Å². The summed E-state index contributed by atoms with van der Waals surface area (Å²) < 4.78 is 20.9. The summed E-state index contributed by atoms with van der Waals surface area (Å²) in [6.45, 7) is 4.18. The second-order valence-electron chi connectivity index (χ2n) is 12.3. The fraction of sp³-hybridized carbons (Fsp3) is 0.200. The van der Waals surface area contributed by atoms with Crippen LogP contribution < -0.4 is 14.4 Å². The molecule has 5 rings (SSSR count). The number of carbonyl (C=O) groups is 2. The molecular formula is C45H45NO6. The highest BCUT2D eigenvalue weighted by Crippen LogP contribution is 2.35. The third kappa shape index (κ3) is 11.8. The van der Waals surface area contributed by atoms with Crippen molar-refractivity contribution in [1.82, 2.24) is 0 Å². The Bertz CT molecular complexity index is 1950. The van der Waals surface area contributed by atoms with Crippen molar-refractivity contribution in [2.45, 2.75) is 39.5 Å². The fourth-order valence-electron chi connectivity index (χ4n) is 5.48. The summed E-state index contributed by atoms with van der Waals surface area (Å²) in [5, 5.41) is 0. The van der Waals surface area contributed by atoms with Gasteiger partial charge >= 0.3 is 12.1 Å². The quantitative estimate of drug-likeness (QED) is 0.0440. The van der Waals surface area contributed by atoms with Gasteiger partial charge < -0.3 is 23.8 Å². The maximum atomic E-state index is 12.2. The SMILES string of the molecule is COc1cccc(C=Cc2ccc(N(c3ccc(C)cc3)c3ccc(C=Cc4cccc(OC(=O)OCCCCCCOC(C)=O)c4)cc3)cc2)c1. The van der Waals surface area contributed by atoms with Crippen molar-refractivity contribution in [3.63, 3.8) is 0 Å². The summed E-state index contributed by atoms with van der Waals surface area (Å²) in [6, 6.07) is 40.8. The number of carbonyl (C=O) groups excluding carboxylic acids is 2. The van der Waals surface area contributed by atoms with Crippen LogP contribution >= 0.6 is 0 Å². The zero-order valence-corrected chi connectivity index (χ0v) is 30.0. The molecule has 0 N–H and O–H groups in total. The Morgan fingerprint density at radius 3 is 1.54 bits per heavy atom. The Morgan fingerprint density at radius 1 is 0.558 bits per heavy atom. The maximum Gasteiger partial charge on any atom is 0.513 e. The van der Waals surface area contributed by atoms with Crippen LogP contribution in [0.2, 0.25) is 0 Å². The van der Waals surface area contributed by atoms with Crippen LogP contribution in [-0.2, 0) is 14.3 Å². The molecular weight excluding hydrogens is 650 g/mol. The Labute approximate surface area is 306 Å². The molecule has 0 atom stereocenters. The van der Waals surface area contributed by atoms with Gasteiger partial charge in [0.15, 0.2) is 0 Å². The molecule has 5 aromatic carbocycles. The summed E-state index contributed by atoms with van der Waals surface area (Å²) in [5.41, 5.74) is 8.47. The molecule has 266 valence electrons. The molecule has 0 amide bonds. The molecule has 0 aliphatic rings. The van der Waals surface area contributed by atoms with Gasteiger partial charge in [0.2, 0.25) is 0 Å². The third-order valence-corrected chi connectivity index (χ3v) is 8.25. The lowest BCUT2D eigenvalue weighted by atomic mass is 10.1. The molecule has 7 nitrogen and oxygen atoms in total. The first kappa shape index (κ1) is 37.2. The minimum Gasteiger partial charge on any atom is -0.497 e. The molecule has 52 heavy (non-hydrogen) atoms. The van der Waals surface area contributed by atoms with E-state index in [0.717, 1.165) is 70.7 Å². The van der Waals surface area contributed by atoms with Crippen LogP contribution in [-0.4, -0.2) is 32.4 Å². The number of benzene rings is 5. The van der Waals surface area contributed by atoms with Gasteiger partial charge in [-0.25, -0.2) is 4.79 Å². The lowest BCUT2D eigenvalue weighted by Crippen LogP contribution is -2.11. The summed E-state index contributed by atoms with van der Waals surface area (Å²) in [7, 11) is 1.68. The standard InChI is InChI=1S/C45H45NO6/c1-34-14-24-40(25-15-34)46(41-26-20-36(21-27-41)16-18-38-10-8-12-43(32-38)49-3)42-28-22-37(23-29-42)17-19-39-11-9-13-44(33-39)52-45(48)51-31-7-5-4-6-30-50-35(2)47/h8-29,32-33H,4-7,30-31H2,1-3H3. The zero-order chi connectivity index (χ0) is 36.5. The average molecular weight is 696 g/mol. The first-order valence-electron chi connectivity index (χ1n) is 17.5. The van der Waals surface area contributed by atoms with Gasteiger partial charge in [0.25, 0.3) is 0 Å². The van der Waals surface area contributed by atoms with Gasteiger partial charge in [-0.3, -0.25) is 4.79 Å². The molecule has 0 fully saturated rings. The number of aryl methyl sites for hydroxylation is 1. The summed E-state index contributed by atoms with van der Waals surface area (Å²) in [5.74, 6) is 0.982. The van der Waals surface area contributed by atoms with Gasteiger partial charge in [0, 0.05) is 24.0 Å². The Morgan fingerprint density at radius 2 is 1.02 bits per heavy atom. The molecule has 0 spiro atoms. The second-order valence-corrected chi connectivity index (χ2v) is 12.3. The minimum absolute atomic E-state index is 0.269. The highest BCUT2D eigenvalue weighted by Gasteiger charge is 2.12. The number of methoxy groups -OCH3 is 1. The minimum atomic E-state index is -0.728. The molecule has 0 heterocycles.